The molecule has 2 aromatic rings. The van der Waals surface area contributed by atoms with Gasteiger partial charge in [0.05, 0.1) is 5.02 Å². The minimum absolute atomic E-state index is 0.715. The van der Waals surface area contributed by atoms with Crippen molar-refractivity contribution in [2.75, 3.05) is 13.1 Å². The SMILES string of the molecule is NCCCN(Cc1ccccc1)Cc1ccc(Br)c(Cl)c1. The molecule has 0 bridgehead atoms. The lowest BCUT2D eigenvalue weighted by atomic mass is 10.1. The van der Waals surface area contributed by atoms with Crippen LogP contribution in [0.1, 0.15) is 17.5 Å². The van der Waals surface area contributed by atoms with Crippen LogP contribution in [0.2, 0.25) is 5.02 Å². The number of nitrogens with two attached hydrogens (primary N) is 1. The number of benzene rings is 2. The molecule has 112 valence electrons. The van der Waals surface area contributed by atoms with Crippen molar-refractivity contribution < 1.29 is 0 Å². The molecule has 0 amide bonds. The van der Waals surface area contributed by atoms with Gasteiger partial charge in [0, 0.05) is 24.1 Å². The second kappa shape index (κ2) is 8.54. The Kier molecular flexibility index (Phi) is 6.71. The first-order valence-electron chi connectivity index (χ1n) is 7.09. The third kappa shape index (κ3) is 5.44. The summed E-state index contributed by atoms with van der Waals surface area (Å²) in [6.45, 7) is 3.50. The van der Waals surface area contributed by atoms with Crippen LogP contribution in [0.15, 0.2) is 53.0 Å². The molecule has 0 atom stereocenters. The molecular formula is C17H20BrClN2. The van der Waals surface area contributed by atoms with E-state index in [1.807, 2.05) is 18.2 Å². The fourth-order valence-corrected chi connectivity index (χ4v) is 2.72. The van der Waals surface area contributed by atoms with E-state index in [1.54, 1.807) is 0 Å². The molecule has 0 aliphatic rings. The molecule has 0 aliphatic heterocycles. The standard InChI is InChI=1S/C17H20BrClN2/c18-16-8-7-15(11-17(16)19)13-21(10-4-9-20)12-14-5-2-1-3-6-14/h1-3,5-8,11H,4,9-10,12-13,20H2. The van der Waals surface area contributed by atoms with E-state index in [1.165, 1.54) is 11.1 Å². The minimum atomic E-state index is 0.715. The molecule has 2 aromatic carbocycles. The predicted octanol–water partition coefficient (Wildman–Crippen LogP) is 4.45. The second-order valence-electron chi connectivity index (χ2n) is 5.09. The van der Waals surface area contributed by atoms with Crippen LogP contribution in [-0.4, -0.2) is 18.0 Å². The van der Waals surface area contributed by atoms with Crippen LogP contribution in [0.5, 0.6) is 0 Å². The normalized spacial score (nSPS) is 11.0. The van der Waals surface area contributed by atoms with Crippen LogP contribution in [0.3, 0.4) is 0 Å². The molecule has 21 heavy (non-hydrogen) atoms. The molecule has 0 heterocycles. The van der Waals surface area contributed by atoms with Crippen molar-refractivity contribution in [1.29, 1.82) is 0 Å². The number of nitrogens with zero attached hydrogens (tertiary/aromatic N) is 1. The number of hydrogen-bond acceptors (Lipinski definition) is 2. The van der Waals surface area contributed by atoms with Gasteiger partial charge in [0.15, 0.2) is 0 Å². The predicted molar refractivity (Wildman–Crippen MR) is 93.4 cm³/mol. The Morgan fingerprint density at radius 1 is 1.00 bits per heavy atom. The summed E-state index contributed by atoms with van der Waals surface area (Å²) in [6, 6.07) is 16.6. The molecular weight excluding hydrogens is 348 g/mol. The topological polar surface area (TPSA) is 29.3 Å². The van der Waals surface area contributed by atoms with Crippen molar-refractivity contribution in [3.63, 3.8) is 0 Å². The zero-order valence-corrected chi connectivity index (χ0v) is 14.3. The molecule has 0 fully saturated rings. The summed E-state index contributed by atoms with van der Waals surface area (Å²) in [4.78, 5) is 2.40. The van der Waals surface area contributed by atoms with Crippen molar-refractivity contribution in [1.82, 2.24) is 4.90 Å². The smallest absolute Gasteiger partial charge is 0.0551 e. The molecule has 0 saturated carbocycles. The van der Waals surface area contributed by atoms with Gasteiger partial charge in [-0.2, -0.15) is 0 Å². The maximum absolute atomic E-state index is 6.18. The lowest BCUT2D eigenvalue weighted by Gasteiger charge is -2.22. The first kappa shape index (κ1) is 16.5. The van der Waals surface area contributed by atoms with Gasteiger partial charge in [0.2, 0.25) is 0 Å². The van der Waals surface area contributed by atoms with Gasteiger partial charge in [0.25, 0.3) is 0 Å². The molecule has 0 unspecified atom stereocenters. The summed E-state index contributed by atoms with van der Waals surface area (Å²) in [5.74, 6) is 0. The first-order valence-corrected chi connectivity index (χ1v) is 8.26. The fraction of sp³-hybridized carbons (Fsp3) is 0.294. The Morgan fingerprint density at radius 3 is 2.38 bits per heavy atom. The van der Waals surface area contributed by atoms with E-state index in [-0.39, 0.29) is 0 Å². The maximum Gasteiger partial charge on any atom is 0.0551 e. The molecule has 4 heteroatoms. The first-order chi connectivity index (χ1) is 10.2. The van der Waals surface area contributed by atoms with Gasteiger partial charge in [0.1, 0.15) is 0 Å². The Morgan fingerprint density at radius 2 is 1.71 bits per heavy atom. The van der Waals surface area contributed by atoms with Gasteiger partial charge < -0.3 is 5.73 Å². The van der Waals surface area contributed by atoms with Crippen molar-refractivity contribution in [2.45, 2.75) is 19.5 Å². The number of hydrogen-bond donors (Lipinski definition) is 1. The molecule has 0 radical (unpaired) electrons. The zero-order chi connectivity index (χ0) is 15.1. The van der Waals surface area contributed by atoms with Crippen LogP contribution < -0.4 is 5.73 Å². The highest BCUT2D eigenvalue weighted by Gasteiger charge is 2.08. The van der Waals surface area contributed by atoms with Gasteiger partial charge in [-0.25, -0.2) is 0 Å². The van der Waals surface area contributed by atoms with Gasteiger partial charge in [-0.1, -0.05) is 48.0 Å². The van der Waals surface area contributed by atoms with E-state index in [2.05, 4.69) is 51.2 Å². The lowest BCUT2D eigenvalue weighted by Crippen LogP contribution is -2.25. The lowest BCUT2D eigenvalue weighted by molar-refractivity contribution is 0.255. The summed E-state index contributed by atoms with van der Waals surface area (Å²) < 4.78 is 0.935. The van der Waals surface area contributed by atoms with Crippen LogP contribution in [0, 0.1) is 0 Å². The van der Waals surface area contributed by atoms with Crippen molar-refractivity contribution in [2.24, 2.45) is 5.73 Å². The monoisotopic (exact) mass is 366 g/mol. The molecule has 0 saturated heterocycles. The third-order valence-electron chi connectivity index (χ3n) is 3.32. The van der Waals surface area contributed by atoms with Crippen LogP contribution in [0.4, 0.5) is 0 Å². The van der Waals surface area contributed by atoms with E-state index in [4.69, 9.17) is 17.3 Å². The zero-order valence-electron chi connectivity index (χ0n) is 11.9. The van der Waals surface area contributed by atoms with E-state index < -0.39 is 0 Å². The highest BCUT2D eigenvalue weighted by Crippen LogP contribution is 2.24. The molecule has 2 N–H and O–H groups in total. The Labute approximate surface area is 140 Å². The third-order valence-corrected chi connectivity index (χ3v) is 4.55. The quantitative estimate of drug-likeness (QED) is 0.783. The van der Waals surface area contributed by atoms with Gasteiger partial charge in [-0.15, -0.1) is 0 Å². The van der Waals surface area contributed by atoms with Crippen molar-refractivity contribution in [3.8, 4) is 0 Å². The van der Waals surface area contributed by atoms with Gasteiger partial charge >= 0.3 is 0 Å². The fourth-order valence-electron chi connectivity index (χ4n) is 2.27. The van der Waals surface area contributed by atoms with Gasteiger partial charge in [-0.05, 0) is 52.2 Å². The van der Waals surface area contributed by atoms with E-state index in [0.717, 1.165) is 35.6 Å². The Bertz CT molecular complexity index is 560. The number of halogens is 2. The van der Waals surface area contributed by atoms with Crippen LogP contribution >= 0.6 is 27.5 Å². The Hall–Kier alpha value is -0.870. The Balaban J connectivity index is 2.06. The summed E-state index contributed by atoms with van der Waals surface area (Å²) in [6.07, 6.45) is 0.997. The van der Waals surface area contributed by atoms with Crippen molar-refractivity contribution >= 4 is 27.5 Å². The van der Waals surface area contributed by atoms with Crippen LogP contribution in [0.25, 0.3) is 0 Å². The van der Waals surface area contributed by atoms with Crippen LogP contribution in [-0.2, 0) is 13.1 Å². The highest BCUT2D eigenvalue weighted by molar-refractivity contribution is 9.10. The van der Waals surface area contributed by atoms with Gasteiger partial charge in [-0.3, -0.25) is 4.90 Å². The summed E-state index contributed by atoms with van der Waals surface area (Å²) in [7, 11) is 0. The number of rotatable bonds is 7. The average Bonchev–Trinajstić information content (AvgIpc) is 2.49. The van der Waals surface area contributed by atoms with Crippen molar-refractivity contribution in [3.05, 3.63) is 69.2 Å². The molecule has 0 spiro atoms. The van der Waals surface area contributed by atoms with E-state index >= 15 is 0 Å². The minimum Gasteiger partial charge on any atom is -0.330 e. The molecule has 0 aliphatic carbocycles. The summed E-state index contributed by atoms with van der Waals surface area (Å²) in [5.41, 5.74) is 8.19. The van der Waals surface area contributed by atoms with E-state index in [9.17, 15) is 0 Å². The molecule has 0 aromatic heterocycles. The van der Waals surface area contributed by atoms with E-state index in [0.29, 0.717) is 6.54 Å². The molecule has 2 rings (SSSR count). The second-order valence-corrected chi connectivity index (χ2v) is 6.35. The highest BCUT2D eigenvalue weighted by atomic mass is 79.9. The largest absolute Gasteiger partial charge is 0.330 e. The summed E-state index contributed by atoms with van der Waals surface area (Å²) in [5, 5.41) is 0.756. The molecule has 2 nitrogen and oxygen atoms in total. The summed E-state index contributed by atoms with van der Waals surface area (Å²) >= 11 is 9.61. The average molecular weight is 368 g/mol. The maximum atomic E-state index is 6.18.